The van der Waals surface area contributed by atoms with Gasteiger partial charge in [0.25, 0.3) is 0 Å². The molecule has 86 valence electrons. The van der Waals surface area contributed by atoms with Gasteiger partial charge in [-0.15, -0.1) is 0 Å². The summed E-state index contributed by atoms with van der Waals surface area (Å²) in [6.07, 6.45) is 0. The fourth-order valence-corrected chi connectivity index (χ4v) is 2.38. The molecule has 0 aliphatic carbocycles. The Morgan fingerprint density at radius 1 is 1.50 bits per heavy atom. The Labute approximate surface area is 95.1 Å². The van der Waals surface area contributed by atoms with E-state index in [9.17, 15) is 0 Å². The number of fused-ring (bicyclic) bond motifs is 3. The van der Waals surface area contributed by atoms with Gasteiger partial charge >= 0.3 is 0 Å². The zero-order chi connectivity index (χ0) is 11.0. The van der Waals surface area contributed by atoms with Gasteiger partial charge in [-0.2, -0.15) is 0 Å². The van der Waals surface area contributed by atoms with Crippen LogP contribution in [0.25, 0.3) is 0 Å². The maximum Gasteiger partial charge on any atom is 0.142 e. The van der Waals surface area contributed by atoms with Gasteiger partial charge in [-0.1, -0.05) is 0 Å². The summed E-state index contributed by atoms with van der Waals surface area (Å²) < 4.78 is 11.0. The van der Waals surface area contributed by atoms with Crippen molar-refractivity contribution in [2.75, 3.05) is 38.3 Å². The summed E-state index contributed by atoms with van der Waals surface area (Å²) in [5, 5.41) is 3.39. The van der Waals surface area contributed by atoms with Crippen LogP contribution in [0.5, 0.6) is 11.5 Å². The van der Waals surface area contributed by atoms with E-state index in [0.717, 1.165) is 43.4 Å². The van der Waals surface area contributed by atoms with Crippen molar-refractivity contribution >= 4 is 5.69 Å². The van der Waals surface area contributed by atoms with Crippen molar-refractivity contribution in [1.29, 1.82) is 0 Å². The molecule has 1 fully saturated rings. The average molecular weight is 220 g/mol. The minimum Gasteiger partial charge on any atom is -0.497 e. The van der Waals surface area contributed by atoms with E-state index < -0.39 is 0 Å². The third-order valence-corrected chi connectivity index (χ3v) is 3.26. The molecule has 0 bridgehead atoms. The third kappa shape index (κ3) is 1.50. The zero-order valence-corrected chi connectivity index (χ0v) is 9.40. The van der Waals surface area contributed by atoms with E-state index in [-0.39, 0.29) is 0 Å². The van der Waals surface area contributed by atoms with E-state index in [1.165, 1.54) is 0 Å². The second-order valence-electron chi connectivity index (χ2n) is 4.20. The van der Waals surface area contributed by atoms with E-state index in [0.29, 0.717) is 6.04 Å². The second-order valence-corrected chi connectivity index (χ2v) is 4.20. The van der Waals surface area contributed by atoms with Crippen LogP contribution in [0.3, 0.4) is 0 Å². The molecule has 0 spiro atoms. The summed E-state index contributed by atoms with van der Waals surface area (Å²) in [4.78, 5) is 2.41. The molecular formula is C12H16N2O2. The Kier molecular flexibility index (Phi) is 2.36. The molecule has 16 heavy (non-hydrogen) atoms. The van der Waals surface area contributed by atoms with Gasteiger partial charge in [0.05, 0.1) is 18.8 Å². The van der Waals surface area contributed by atoms with Crippen molar-refractivity contribution < 1.29 is 9.47 Å². The van der Waals surface area contributed by atoms with Crippen LogP contribution < -0.4 is 19.7 Å². The highest BCUT2D eigenvalue weighted by atomic mass is 16.5. The summed E-state index contributed by atoms with van der Waals surface area (Å²) in [6, 6.07) is 6.45. The van der Waals surface area contributed by atoms with Crippen molar-refractivity contribution in [3.8, 4) is 11.5 Å². The van der Waals surface area contributed by atoms with Crippen molar-refractivity contribution in [1.82, 2.24) is 5.32 Å². The second kappa shape index (κ2) is 3.87. The standard InChI is InChI=1S/C12H16N2O2/c1-15-10-2-3-12-11(6-10)14-5-4-13-7-9(14)8-16-12/h2-3,6,9,13H,4-5,7-8H2,1H3. The van der Waals surface area contributed by atoms with Crippen molar-refractivity contribution in [3.05, 3.63) is 18.2 Å². The third-order valence-electron chi connectivity index (χ3n) is 3.26. The SMILES string of the molecule is COc1ccc2c(c1)N1CCNCC1CO2. The quantitative estimate of drug-likeness (QED) is 0.761. The minimum absolute atomic E-state index is 0.452. The van der Waals surface area contributed by atoms with E-state index >= 15 is 0 Å². The Bertz CT molecular complexity index is 395. The minimum atomic E-state index is 0.452. The molecule has 4 nitrogen and oxygen atoms in total. The Morgan fingerprint density at radius 2 is 2.44 bits per heavy atom. The summed E-state index contributed by atoms with van der Waals surface area (Å²) >= 11 is 0. The van der Waals surface area contributed by atoms with E-state index in [1.807, 2.05) is 12.1 Å². The summed E-state index contributed by atoms with van der Waals surface area (Å²) in [5.41, 5.74) is 1.16. The average Bonchev–Trinajstić information content (AvgIpc) is 2.38. The zero-order valence-electron chi connectivity index (χ0n) is 9.40. The first-order valence-electron chi connectivity index (χ1n) is 5.66. The predicted molar refractivity (Wildman–Crippen MR) is 62.5 cm³/mol. The highest BCUT2D eigenvalue weighted by Crippen LogP contribution is 2.37. The number of rotatable bonds is 1. The van der Waals surface area contributed by atoms with Crippen LogP contribution >= 0.6 is 0 Å². The molecule has 2 aliphatic heterocycles. The maximum atomic E-state index is 5.76. The summed E-state index contributed by atoms with van der Waals surface area (Å²) in [5.74, 6) is 1.86. The molecule has 1 saturated heterocycles. The first kappa shape index (κ1) is 9.78. The van der Waals surface area contributed by atoms with Crippen molar-refractivity contribution in [2.24, 2.45) is 0 Å². The Balaban J connectivity index is 1.98. The Hall–Kier alpha value is -1.42. The van der Waals surface area contributed by atoms with Crippen LogP contribution in [0, 0.1) is 0 Å². The molecular weight excluding hydrogens is 204 g/mol. The van der Waals surface area contributed by atoms with Gasteiger partial charge in [0.1, 0.15) is 18.1 Å². The van der Waals surface area contributed by atoms with Gasteiger partial charge in [0.15, 0.2) is 0 Å². The fraction of sp³-hybridized carbons (Fsp3) is 0.500. The van der Waals surface area contributed by atoms with E-state index in [1.54, 1.807) is 7.11 Å². The van der Waals surface area contributed by atoms with Crippen molar-refractivity contribution in [3.63, 3.8) is 0 Å². The van der Waals surface area contributed by atoms with Crippen LogP contribution in [0.2, 0.25) is 0 Å². The van der Waals surface area contributed by atoms with Gasteiger partial charge in [0.2, 0.25) is 0 Å². The summed E-state index contributed by atoms with van der Waals surface area (Å²) in [6.45, 7) is 3.84. The number of methoxy groups -OCH3 is 1. The lowest BCUT2D eigenvalue weighted by molar-refractivity contribution is 0.246. The number of hydrogen-bond acceptors (Lipinski definition) is 4. The molecule has 0 amide bonds. The number of hydrogen-bond donors (Lipinski definition) is 1. The summed E-state index contributed by atoms with van der Waals surface area (Å²) in [7, 11) is 1.70. The smallest absolute Gasteiger partial charge is 0.142 e. The first-order chi connectivity index (χ1) is 7.88. The van der Waals surface area contributed by atoms with Crippen LogP contribution in [-0.4, -0.2) is 39.4 Å². The van der Waals surface area contributed by atoms with Gasteiger partial charge < -0.3 is 19.7 Å². The lowest BCUT2D eigenvalue weighted by Crippen LogP contribution is -2.55. The number of ether oxygens (including phenoxy) is 2. The molecule has 1 N–H and O–H groups in total. The lowest BCUT2D eigenvalue weighted by atomic mass is 10.1. The lowest BCUT2D eigenvalue weighted by Gasteiger charge is -2.41. The number of nitrogens with one attached hydrogen (secondary N) is 1. The van der Waals surface area contributed by atoms with Crippen LogP contribution in [0.1, 0.15) is 0 Å². The molecule has 1 atom stereocenters. The number of piperazine rings is 1. The number of anilines is 1. The highest BCUT2D eigenvalue weighted by molar-refractivity contribution is 5.64. The highest BCUT2D eigenvalue weighted by Gasteiger charge is 2.29. The van der Waals surface area contributed by atoms with Gasteiger partial charge in [-0.05, 0) is 12.1 Å². The Morgan fingerprint density at radius 3 is 3.31 bits per heavy atom. The molecule has 1 unspecified atom stereocenters. The molecule has 1 aromatic carbocycles. The predicted octanol–water partition coefficient (Wildman–Crippen LogP) is 0.866. The van der Waals surface area contributed by atoms with Gasteiger partial charge in [0, 0.05) is 25.7 Å². The number of nitrogens with zero attached hydrogens (tertiary/aromatic N) is 1. The number of benzene rings is 1. The first-order valence-corrected chi connectivity index (χ1v) is 5.66. The molecule has 0 saturated carbocycles. The van der Waals surface area contributed by atoms with Gasteiger partial charge in [-0.25, -0.2) is 0 Å². The van der Waals surface area contributed by atoms with E-state index in [2.05, 4.69) is 16.3 Å². The molecule has 0 aromatic heterocycles. The fourth-order valence-electron chi connectivity index (χ4n) is 2.38. The molecule has 1 aromatic rings. The molecule has 0 radical (unpaired) electrons. The largest absolute Gasteiger partial charge is 0.497 e. The van der Waals surface area contributed by atoms with Crippen molar-refractivity contribution in [2.45, 2.75) is 6.04 Å². The molecule has 2 heterocycles. The van der Waals surface area contributed by atoms with Crippen LogP contribution in [-0.2, 0) is 0 Å². The normalized spacial score (nSPS) is 23.1. The topological polar surface area (TPSA) is 33.7 Å². The monoisotopic (exact) mass is 220 g/mol. The maximum absolute atomic E-state index is 5.76. The van der Waals surface area contributed by atoms with E-state index in [4.69, 9.17) is 9.47 Å². The van der Waals surface area contributed by atoms with Crippen LogP contribution in [0.4, 0.5) is 5.69 Å². The molecule has 4 heteroatoms. The molecule has 2 aliphatic rings. The van der Waals surface area contributed by atoms with Gasteiger partial charge in [-0.3, -0.25) is 0 Å². The molecule has 3 rings (SSSR count). The van der Waals surface area contributed by atoms with Crippen LogP contribution in [0.15, 0.2) is 18.2 Å².